The number of Topliss-reactive ketones (excluding diaryl/α,β-unsaturated/α-hetero) is 1. The first kappa shape index (κ1) is 40.0. The number of ether oxygens (including phenoxy) is 2. The number of ketones is 1. The quantitative estimate of drug-likeness (QED) is 0.190. The van der Waals surface area contributed by atoms with Crippen LogP contribution in [0, 0.1) is 79.8 Å². The van der Waals surface area contributed by atoms with Gasteiger partial charge in [-0.15, -0.1) is 0 Å². The summed E-state index contributed by atoms with van der Waals surface area (Å²) in [6.07, 6.45) is 12.6. The van der Waals surface area contributed by atoms with Crippen LogP contribution in [0.4, 0.5) is 0 Å². The molecule has 6 saturated carbocycles. The molecule has 7 heteroatoms. The van der Waals surface area contributed by atoms with Gasteiger partial charge in [0, 0.05) is 24.4 Å². The molecule has 6 aliphatic carbocycles. The number of nitrogens with zero attached hydrogens (tertiary/aromatic N) is 1. The highest BCUT2D eigenvalue weighted by Gasteiger charge is 2.72. The van der Waals surface area contributed by atoms with Crippen molar-refractivity contribution in [3.63, 3.8) is 0 Å². The molecule has 1 amide bonds. The molecular weight excluding hydrogens is 675 g/mol. The molecule has 0 aromatic rings. The van der Waals surface area contributed by atoms with Gasteiger partial charge in [0.1, 0.15) is 11.9 Å². The number of likely N-dealkylation sites (tertiary alicyclic amines) is 1. The second-order valence-corrected chi connectivity index (χ2v) is 21.7. The van der Waals surface area contributed by atoms with Gasteiger partial charge in [-0.3, -0.25) is 19.2 Å². The van der Waals surface area contributed by atoms with Crippen molar-refractivity contribution < 1.29 is 28.7 Å². The highest BCUT2D eigenvalue weighted by Crippen LogP contribution is 2.78. The summed E-state index contributed by atoms with van der Waals surface area (Å²) in [5.74, 6) is 2.19. The molecule has 12 atom stereocenters. The Morgan fingerprint density at radius 2 is 1.39 bits per heavy atom. The average Bonchev–Trinajstić information content (AvgIpc) is 3.50. The lowest BCUT2D eigenvalue weighted by molar-refractivity contribution is -0.251. The van der Waals surface area contributed by atoms with Gasteiger partial charge < -0.3 is 14.4 Å². The molecule has 0 N–H and O–H groups in total. The van der Waals surface area contributed by atoms with Crippen LogP contribution in [0.25, 0.3) is 0 Å². The Morgan fingerprint density at radius 3 is 2.00 bits per heavy atom. The maximum absolute atomic E-state index is 15.0. The molecule has 1 saturated heterocycles. The first-order chi connectivity index (χ1) is 25.2. The van der Waals surface area contributed by atoms with Gasteiger partial charge in [0.05, 0.1) is 23.9 Å². The van der Waals surface area contributed by atoms with Crippen LogP contribution in [0.3, 0.4) is 0 Å². The third kappa shape index (κ3) is 5.58. The smallest absolute Gasteiger partial charge is 0.309 e. The molecular formula is C47H73NO6. The molecule has 7 rings (SSSR count). The number of fused-ring (bicyclic) bond motifs is 7. The summed E-state index contributed by atoms with van der Waals surface area (Å²) >= 11 is 0. The maximum Gasteiger partial charge on any atom is 0.309 e. The summed E-state index contributed by atoms with van der Waals surface area (Å²) in [4.78, 5) is 55.6. The van der Waals surface area contributed by atoms with Gasteiger partial charge in [0.15, 0.2) is 0 Å². The van der Waals surface area contributed by atoms with Crippen molar-refractivity contribution >= 4 is 23.6 Å². The van der Waals surface area contributed by atoms with Gasteiger partial charge in [-0.25, -0.2) is 0 Å². The van der Waals surface area contributed by atoms with Gasteiger partial charge >= 0.3 is 11.9 Å². The predicted molar refractivity (Wildman–Crippen MR) is 211 cm³/mol. The lowest BCUT2D eigenvalue weighted by Gasteiger charge is -2.73. The van der Waals surface area contributed by atoms with Crippen molar-refractivity contribution in [2.45, 2.75) is 159 Å². The van der Waals surface area contributed by atoms with Gasteiger partial charge in [0.25, 0.3) is 0 Å². The number of rotatable bonds is 7. The highest BCUT2D eigenvalue weighted by molar-refractivity contribution is 5.85. The van der Waals surface area contributed by atoms with E-state index in [1.54, 1.807) is 6.92 Å². The predicted octanol–water partition coefficient (Wildman–Crippen LogP) is 9.61. The summed E-state index contributed by atoms with van der Waals surface area (Å²) in [6.45, 7) is 28.7. The second kappa shape index (κ2) is 13.5. The van der Waals surface area contributed by atoms with Gasteiger partial charge in [-0.05, 0) is 155 Å². The van der Waals surface area contributed by atoms with Crippen LogP contribution in [0.15, 0.2) is 12.2 Å². The first-order valence-electron chi connectivity index (χ1n) is 22.0. The molecule has 0 aromatic carbocycles. The van der Waals surface area contributed by atoms with E-state index in [1.807, 2.05) is 6.92 Å². The Hall–Kier alpha value is -2.18. The lowest BCUT2D eigenvalue weighted by Crippen LogP contribution is -2.67. The summed E-state index contributed by atoms with van der Waals surface area (Å²) in [6, 6.07) is 0. The van der Waals surface area contributed by atoms with Crippen molar-refractivity contribution in [2.75, 3.05) is 19.7 Å². The van der Waals surface area contributed by atoms with E-state index in [0.717, 1.165) is 44.9 Å². The number of esters is 2. The lowest BCUT2D eigenvalue weighted by atomic mass is 9.32. The SMILES string of the molecule is C=C(C)[C@@H]1CC[C@]2(C(=O)N3CCC(C(=O)OCC)CC3)CC[C@]3(C)[C@H](CC[C@@H]4[C@@]5(C)CC[C@H](OC(=O)[C@H]6C[C@@H](C(C)=O)C6(C)C)C(C)(C)[C@@H]5CC[C@]43C)[C@@H]12. The fourth-order valence-electron chi connectivity index (χ4n) is 15.8. The molecule has 1 heterocycles. The minimum absolute atomic E-state index is 0.0569. The van der Waals surface area contributed by atoms with E-state index in [1.165, 1.54) is 24.8 Å². The Kier molecular flexibility index (Phi) is 9.98. The Bertz CT molecular complexity index is 1560. The zero-order valence-corrected chi connectivity index (χ0v) is 35.6. The summed E-state index contributed by atoms with van der Waals surface area (Å²) < 4.78 is 11.9. The van der Waals surface area contributed by atoms with Gasteiger partial charge in [0.2, 0.25) is 5.91 Å². The molecule has 7 aliphatic rings. The third-order valence-corrected chi connectivity index (χ3v) is 19.1. The van der Waals surface area contributed by atoms with Crippen LogP contribution in [0.2, 0.25) is 0 Å². The summed E-state index contributed by atoms with van der Waals surface area (Å²) in [7, 11) is 0. The number of carbonyl (C=O) groups excluding carboxylic acids is 4. The highest BCUT2D eigenvalue weighted by atomic mass is 16.5. The van der Waals surface area contributed by atoms with E-state index in [-0.39, 0.29) is 74.1 Å². The van der Waals surface area contributed by atoms with E-state index >= 15 is 0 Å². The standard InChI is InChI=1S/C47H73NO6/c1-12-53-39(50)30-18-25-48(26-19-30)41(52)47-22-15-31(28(2)3)38(47)32-13-14-36-44(9)20-17-37(54-40(51)34-27-33(29(4)49)42(34,5)6)43(7,8)35(44)16-21-46(36,11)45(32,10)23-24-47/h30-38H,2,12-27H2,1,3-11H3/t31-,32+,33-,34+,35-,36+,37-,38+,44-,45+,46+,47-/m0/s1. The molecule has 0 unspecified atom stereocenters. The molecule has 0 spiro atoms. The molecule has 7 fully saturated rings. The van der Waals surface area contributed by atoms with Crippen LogP contribution < -0.4 is 0 Å². The van der Waals surface area contributed by atoms with Crippen molar-refractivity contribution in [3.8, 4) is 0 Å². The zero-order valence-electron chi connectivity index (χ0n) is 35.6. The molecule has 302 valence electrons. The Balaban J connectivity index is 1.11. The van der Waals surface area contributed by atoms with Gasteiger partial charge in [-0.1, -0.05) is 60.6 Å². The van der Waals surface area contributed by atoms with Gasteiger partial charge in [-0.2, -0.15) is 0 Å². The largest absolute Gasteiger partial charge is 0.466 e. The van der Waals surface area contributed by atoms with Crippen molar-refractivity contribution in [1.82, 2.24) is 4.90 Å². The van der Waals surface area contributed by atoms with Crippen LogP contribution in [0.1, 0.15) is 153 Å². The number of amides is 1. The molecule has 1 aliphatic heterocycles. The minimum Gasteiger partial charge on any atom is -0.466 e. The zero-order chi connectivity index (χ0) is 39.4. The topological polar surface area (TPSA) is 90.0 Å². The van der Waals surface area contributed by atoms with E-state index in [0.29, 0.717) is 74.5 Å². The summed E-state index contributed by atoms with van der Waals surface area (Å²) in [5, 5.41) is 0. The van der Waals surface area contributed by atoms with E-state index in [4.69, 9.17) is 9.47 Å². The first-order valence-corrected chi connectivity index (χ1v) is 22.0. The normalized spacial score (nSPS) is 45.0. The fraction of sp³-hybridized carbons (Fsp3) is 0.872. The van der Waals surface area contributed by atoms with E-state index < -0.39 is 0 Å². The van der Waals surface area contributed by atoms with Crippen LogP contribution in [-0.4, -0.2) is 54.3 Å². The third-order valence-electron chi connectivity index (χ3n) is 19.1. The molecule has 0 bridgehead atoms. The fourth-order valence-corrected chi connectivity index (χ4v) is 15.8. The molecule has 0 radical (unpaired) electrons. The monoisotopic (exact) mass is 748 g/mol. The van der Waals surface area contributed by atoms with Crippen LogP contribution in [-0.2, 0) is 28.7 Å². The number of hydrogen-bond donors (Lipinski definition) is 0. The van der Waals surface area contributed by atoms with Crippen molar-refractivity contribution in [3.05, 3.63) is 12.2 Å². The Labute approximate surface area is 326 Å². The van der Waals surface area contributed by atoms with Crippen molar-refractivity contribution in [2.24, 2.45) is 79.8 Å². The molecule has 54 heavy (non-hydrogen) atoms. The molecule has 7 nitrogen and oxygen atoms in total. The van der Waals surface area contributed by atoms with E-state index in [2.05, 4.69) is 66.9 Å². The van der Waals surface area contributed by atoms with Crippen molar-refractivity contribution in [1.29, 1.82) is 0 Å². The summed E-state index contributed by atoms with van der Waals surface area (Å²) in [5.41, 5.74) is 0.874. The number of piperidine rings is 1. The second-order valence-electron chi connectivity index (χ2n) is 21.7. The number of hydrogen-bond acceptors (Lipinski definition) is 6. The number of carbonyl (C=O) groups is 4. The van der Waals surface area contributed by atoms with E-state index in [9.17, 15) is 19.2 Å². The van der Waals surface area contributed by atoms with Crippen LogP contribution in [0.5, 0.6) is 0 Å². The van der Waals surface area contributed by atoms with Crippen LogP contribution >= 0.6 is 0 Å². The Morgan fingerprint density at radius 1 is 0.704 bits per heavy atom. The molecule has 0 aromatic heterocycles. The minimum atomic E-state index is -0.345. The number of allylic oxidation sites excluding steroid dienone is 1. The maximum atomic E-state index is 15.0. The average molecular weight is 748 g/mol.